The molecule has 1 aliphatic heterocycles. The topological polar surface area (TPSA) is 119 Å². The maximum atomic E-state index is 14.1. The summed E-state index contributed by atoms with van der Waals surface area (Å²) in [5.41, 5.74) is 6.86. The van der Waals surface area contributed by atoms with Crippen LogP contribution in [-0.4, -0.2) is 61.7 Å². The predicted molar refractivity (Wildman–Crippen MR) is 108 cm³/mol. The number of carbonyl (C=O) groups is 2. The number of tetrazole rings is 1. The van der Waals surface area contributed by atoms with E-state index in [2.05, 4.69) is 20.8 Å². The van der Waals surface area contributed by atoms with E-state index in [0.29, 0.717) is 16.3 Å². The molecule has 9 nitrogen and oxygen atoms in total. The maximum Gasteiger partial charge on any atom is 0.243 e. The van der Waals surface area contributed by atoms with Crippen molar-refractivity contribution in [2.45, 2.75) is 52.0 Å². The van der Waals surface area contributed by atoms with Gasteiger partial charge in [-0.15, -0.1) is 5.10 Å². The number of rotatable bonds is 5. The van der Waals surface area contributed by atoms with Crippen LogP contribution in [0.1, 0.15) is 32.8 Å². The quantitative estimate of drug-likeness (QED) is 0.726. The van der Waals surface area contributed by atoms with Crippen LogP contribution in [0.3, 0.4) is 0 Å². The minimum Gasteiger partial charge on any atom is -0.350 e. The van der Waals surface area contributed by atoms with E-state index in [-0.39, 0.29) is 19.5 Å². The molecule has 1 aliphatic rings. The van der Waals surface area contributed by atoms with Crippen molar-refractivity contribution < 1.29 is 14.0 Å². The van der Waals surface area contributed by atoms with Crippen molar-refractivity contribution >= 4 is 23.4 Å². The van der Waals surface area contributed by atoms with Gasteiger partial charge in [0.05, 0.1) is 18.3 Å². The SMILES string of the molecule is CC(C)(C)[C@@H](N)C(=O)N1C[C@H](F)C[C@H]1C(=O)NCc1cc(Cl)ccc1-n1cnnn1. The van der Waals surface area contributed by atoms with Crippen LogP contribution in [0.4, 0.5) is 4.39 Å². The number of nitrogens with two attached hydrogens (primary N) is 1. The van der Waals surface area contributed by atoms with E-state index in [1.54, 1.807) is 18.2 Å². The molecule has 162 valence electrons. The molecular weight excluding hydrogens is 413 g/mol. The zero-order chi connectivity index (χ0) is 22.1. The molecule has 0 unspecified atom stereocenters. The molecule has 1 aromatic heterocycles. The number of hydrogen-bond acceptors (Lipinski definition) is 6. The predicted octanol–water partition coefficient (Wildman–Crippen LogP) is 1.24. The fourth-order valence-corrected chi connectivity index (χ4v) is 3.51. The van der Waals surface area contributed by atoms with Gasteiger partial charge in [-0.2, -0.15) is 0 Å². The summed E-state index contributed by atoms with van der Waals surface area (Å²) in [5.74, 6) is -0.882. The molecule has 0 spiro atoms. The molecule has 3 atom stereocenters. The number of nitrogens with zero attached hydrogens (tertiary/aromatic N) is 5. The Morgan fingerprint density at radius 1 is 1.40 bits per heavy atom. The molecule has 2 aromatic rings. The van der Waals surface area contributed by atoms with Gasteiger partial charge in [-0.05, 0) is 39.6 Å². The van der Waals surface area contributed by atoms with E-state index >= 15 is 0 Å². The summed E-state index contributed by atoms with van der Waals surface area (Å²) >= 11 is 6.09. The summed E-state index contributed by atoms with van der Waals surface area (Å²) in [7, 11) is 0. The molecule has 2 heterocycles. The second-order valence-electron chi connectivity index (χ2n) is 8.43. The zero-order valence-electron chi connectivity index (χ0n) is 17.0. The lowest BCUT2D eigenvalue weighted by Gasteiger charge is -2.32. The molecule has 1 aromatic carbocycles. The highest BCUT2D eigenvalue weighted by molar-refractivity contribution is 6.30. The third kappa shape index (κ3) is 4.76. The minimum absolute atomic E-state index is 0.0656. The molecule has 0 saturated carbocycles. The highest BCUT2D eigenvalue weighted by Gasteiger charge is 2.43. The summed E-state index contributed by atoms with van der Waals surface area (Å²) < 4.78 is 15.6. The Balaban J connectivity index is 1.74. The van der Waals surface area contributed by atoms with Gasteiger partial charge in [0.25, 0.3) is 0 Å². The first kappa shape index (κ1) is 22.1. The van der Waals surface area contributed by atoms with Crippen LogP contribution in [0.25, 0.3) is 5.69 Å². The third-order valence-corrected chi connectivity index (χ3v) is 5.36. The lowest BCUT2D eigenvalue weighted by molar-refractivity contribution is -0.141. The van der Waals surface area contributed by atoms with Crippen LogP contribution in [0.15, 0.2) is 24.5 Å². The molecule has 3 rings (SSSR count). The molecule has 0 radical (unpaired) electrons. The van der Waals surface area contributed by atoms with Gasteiger partial charge < -0.3 is 16.0 Å². The Labute approximate surface area is 178 Å². The van der Waals surface area contributed by atoms with Gasteiger partial charge in [-0.25, -0.2) is 9.07 Å². The van der Waals surface area contributed by atoms with Gasteiger partial charge in [0.2, 0.25) is 11.8 Å². The summed E-state index contributed by atoms with van der Waals surface area (Å²) in [5, 5.41) is 14.3. The van der Waals surface area contributed by atoms with Crippen LogP contribution in [0, 0.1) is 5.41 Å². The average Bonchev–Trinajstić information content (AvgIpc) is 3.34. The van der Waals surface area contributed by atoms with Crippen molar-refractivity contribution in [3.8, 4) is 5.69 Å². The number of benzene rings is 1. The second-order valence-corrected chi connectivity index (χ2v) is 8.86. The van der Waals surface area contributed by atoms with E-state index in [1.807, 2.05) is 20.8 Å². The Hall–Kier alpha value is -2.59. The molecule has 11 heteroatoms. The van der Waals surface area contributed by atoms with Crippen molar-refractivity contribution in [1.82, 2.24) is 30.4 Å². The normalized spacial score (nSPS) is 20.3. The average molecular weight is 438 g/mol. The zero-order valence-corrected chi connectivity index (χ0v) is 17.8. The molecule has 1 saturated heterocycles. The number of likely N-dealkylation sites (tertiary alicyclic amines) is 1. The number of carbonyl (C=O) groups excluding carboxylic acids is 2. The first-order chi connectivity index (χ1) is 14.1. The van der Waals surface area contributed by atoms with Gasteiger partial charge in [0.1, 0.15) is 18.5 Å². The molecular formula is C19H25ClFN7O2. The van der Waals surface area contributed by atoms with Gasteiger partial charge in [0, 0.05) is 18.0 Å². The number of amides is 2. The maximum absolute atomic E-state index is 14.1. The molecule has 2 amide bonds. The summed E-state index contributed by atoms with van der Waals surface area (Å²) in [6.07, 6.45) is 0.0805. The van der Waals surface area contributed by atoms with Crippen molar-refractivity contribution in [2.75, 3.05) is 6.54 Å². The summed E-state index contributed by atoms with van der Waals surface area (Å²) in [6, 6.07) is 3.34. The van der Waals surface area contributed by atoms with Crippen molar-refractivity contribution in [3.63, 3.8) is 0 Å². The third-order valence-electron chi connectivity index (χ3n) is 5.13. The van der Waals surface area contributed by atoms with Gasteiger partial charge >= 0.3 is 0 Å². The highest BCUT2D eigenvalue weighted by Crippen LogP contribution is 2.26. The first-order valence-corrected chi connectivity index (χ1v) is 9.95. The number of aromatic nitrogens is 4. The second kappa shape index (κ2) is 8.65. The Morgan fingerprint density at radius 3 is 2.77 bits per heavy atom. The van der Waals surface area contributed by atoms with E-state index in [1.165, 1.54) is 15.9 Å². The summed E-state index contributed by atoms with van der Waals surface area (Å²) in [4.78, 5) is 26.9. The van der Waals surface area contributed by atoms with E-state index in [9.17, 15) is 14.0 Å². The monoisotopic (exact) mass is 437 g/mol. The van der Waals surface area contributed by atoms with Gasteiger partial charge in [-0.3, -0.25) is 9.59 Å². The van der Waals surface area contributed by atoms with E-state index in [4.69, 9.17) is 17.3 Å². The van der Waals surface area contributed by atoms with Crippen molar-refractivity contribution in [2.24, 2.45) is 11.1 Å². The number of alkyl halides is 1. The minimum atomic E-state index is -1.28. The fraction of sp³-hybridized carbons (Fsp3) is 0.526. The van der Waals surface area contributed by atoms with Crippen molar-refractivity contribution in [3.05, 3.63) is 35.1 Å². The van der Waals surface area contributed by atoms with Gasteiger partial charge in [-0.1, -0.05) is 32.4 Å². The largest absolute Gasteiger partial charge is 0.350 e. The Kier molecular flexibility index (Phi) is 6.37. The molecule has 30 heavy (non-hydrogen) atoms. The Bertz CT molecular complexity index is 916. The lowest BCUT2D eigenvalue weighted by Crippen LogP contribution is -2.54. The lowest BCUT2D eigenvalue weighted by atomic mass is 9.86. The number of hydrogen-bond donors (Lipinski definition) is 2. The molecule has 0 bridgehead atoms. The van der Waals surface area contributed by atoms with E-state index < -0.39 is 35.5 Å². The molecule has 0 aliphatic carbocycles. The molecule has 1 fully saturated rings. The van der Waals surface area contributed by atoms with Crippen molar-refractivity contribution in [1.29, 1.82) is 0 Å². The standard InChI is InChI=1S/C19H25ClFN7O2/c1-19(2,3)16(22)18(30)27-9-13(21)7-15(27)17(29)23-8-11-6-12(20)4-5-14(11)28-10-24-25-26-28/h4-6,10,13,15-16H,7-9,22H2,1-3H3,(H,23,29)/t13-,15+,16+/m1/s1. The van der Waals surface area contributed by atoms with E-state index in [0.717, 1.165) is 0 Å². The first-order valence-electron chi connectivity index (χ1n) is 9.57. The highest BCUT2D eigenvalue weighted by atomic mass is 35.5. The summed E-state index contributed by atoms with van der Waals surface area (Å²) in [6.45, 7) is 5.44. The smallest absolute Gasteiger partial charge is 0.243 e. The van der Waals surface area contributed by atoms with Crippen LogP contribution in [0.2, 0.25) is 5.02 Å². The van der Waals surface area contributed by atoms with Crippen LogP contribution in [0.5, 0.6) is 0 Å². The fourth-order valence-electron chi connectivity index (χ4n) is 3.32. The van der Waals surface area contributed by atoms with Gasteiger partial charge in [0.15, 0.2) is 0 Å². The Morgan fingerprint density at radius 2 is 2.13 bits per heavy atom. The van der Waals surface area contributed by atoms with Crippen LogP contribution >= 0.6 is 11.6 Å². The number of halogens is 2. The molecule has 3 N–H and O–H groups in total. The van der Waals surface area contributed by atoms with Crippen LogP contribution < -0.4 is 11.1 Å². The van der Waals surface area contributed by atoms with Crippen LogP contribution in [-0.2, 0) is 16.1 Å². The number of nitrogens with one attached hydrogen (secondary N) is 1.